The fraction of sp³-hybridized carbons (Fsp3) is 0.316. The van der Waals surface area contributed by atoms with Crippen molar-refractivity contribution in [2.45, 2.75) is 38.9 Å². The van der Waals surface area contributed by atoms with Crippen molar-refractivity contribution in [2.75, 3.05) is 11.1 Å². The zero-order chi connectivity index (χ0) is 18.5. The van der Waals surface area contributed by atoms with Crippen LogP contribution in [0.2, 0.25) is 0 Å². The summed E-state index contributed by atoms with van der Waals surface area (Å²) in [5, 5.41) is 14.5. The van der Waals surface area contributed by atoms with Crippen molar-refractivity contribution >= 4 is 34.7 Å². The van der Waals surface area contributed by atoms with E-state index in [1.165, 1.54) is 16.6 Å². The lowest BCUT2D eigenvalue weighted by Crippen LogP contribution is -2.16. The summed E-state index contributed by atoms with van der Waals surface area (Å²) in [5.74, 6) is 1.22. The number of anilines is 1. The van der Waals surface area contributed by atoms with Crippen LogP contribution >= 0.6 is 23.1 Å². The van der Waals surface area contributed by atoms with Crippen LogP contribution in [-0.4, -0.2) is 26.4 Å². The maximum atomic E-state index is 12.4. The standard InChI is InChI=1S/C19H22N4OS2/c1-4-23-16(11-15-9-6-10-25-15)21-22-19(23)26-12-17(24)20-18-13(2)7-5-8-14(18)3/h5-10H,4,11-12H2,1-3H3,(H,20,24). The molecule has 0 aliphatic carbocycles. The fourth-order valence-electron chi connectivity index (χ4n) is 2.76. The van der Waals surface area contributed by atoms with Gasteiger partial charge in [-0.1, -0.05) is 36.0 Å². The molecule has 0 unspecified atom stereocenters. The average molecular weight is 387 g/mol. The Labute approximate surface area is 161 Å². The number of benzene rings is 1. The third-order valence-electron chi connectivity index (χ3n) is 4.10. The molecule has 0 fully saturated rings. The number of amides is 1. The van der Waals surface area contributed by atoms with Gasteiger partial charge in [-0.25, -0.2) is 0 Å². The number of carbonyl (C=O) groups is 1. The third-order valence-corrected chi connectivity index (χ3v) is 5.94. The van der Waals surface area contributed by atoms with Crippen LogP contribution in [0.4, 0.5) is 5.69 Å². The Morgan fingerprint density at radius 3 is 2.62 bits per heavy atom. The molecule has 0 bridgehead atoms. The highest BCUT2D eigenvalue weighted by Gasteiger charge is 2.14. The maximum Gasteiger partial charge on any atom is 0.234 e. The van der Waals surface area contributed by atoms with E-state index in [4.69, 9.17) is 0 Å². The summed E-state index contributed by atoms with van der Waals surface area (Å²) in [7, 11) is 0. The molecule has 26 heavy (non-hydrogen) atoms. The van der Waals surface area contributed by atoms with Crippen molar-refractivity contribution < 1.29 is 4.79 Å². The molecule has 2 aromatic heterocycles. The van der Waals surface area contributed by atoms with Gasteiger partial charge in [0.05, 0.1) is 5.75 Å². The zero-order valence-electron chi connectivity index (χ0n) is 15.2. The number of thiophene rings is 1. The highest BCUT2D eigenvalue weighted by atomic mass is 32.2. The Balaban J connectivity index is 1.64. The van der Waals surface area contributed by atoms with E-state index in [9.17, 15) is 4.79 Å². The van der Waals surface area contributed by atoms with Gasteiger partial charge in [-0.2, -0.15) is 0 Å². The first-order chi connectivity index (χ1) is 12.6. The highest BCUT2D eigenvalue weighted by Crippen LogP contribution is 2.22. The van der Waals surface area contributed by atoms with E-state index in [1.54, 1.807) is 11.3 Å². The topological polar surface area (TPSA) is 59.8 Å². The summed E-state index contributed by atoms with van der Waals surface area (Å²) in [6.45, 7) is 6.86. The predicted octanol–water partition coefficient (Wildman–Crippen LogP) is 4.30. The molecule has 136 valence electrons. The molecule has 0 aliphatic heterocycles. The summed E-state index contributed by atoms with van der Waals surface area (Å²) in [5.41, 5.74) is 3.03. The minimum Gasteiger partial charge on any atom is -0.325 e. The van der Waals surface area contributed by atoms with Gasteiger partial charge in [0.15, 0.2) is 5.16 Å². The third kappa shape index (κ3) is 4.34. The monoisotopic (exact) mass is 386 g/mol. The number of hydrogen-bond donors (Lipinski definition) is 1. The number of hydrogen-bond acceptors (Lipinski definition) is 5. The molecule has 0 spiro atoms. The van der Waals surface area contributed by atoms with Gasteiger partial charge in [0.1, 0.15) is 5.82 Å². The summed E-state index contributed by atoms with van der Waals surface area (Å²) in [6.07, 6.45) is 0.771. The molecule has 0 saturated carbocycles. The van der Waals surface area contributed by atoms with Gasteiger partial charge < -0.3 is 9.88 Å². The highest BCUT2D eigenvalue weighted by molar-refractivity contribution is 7.99. The summed E-state index contributed by atoms with van der Waals surface area (Å²) >= 11 is 3.14. The van der Waals surface area contributed by atoms with Crippen molar-refractivity contribution in [3.05, 3.63) is 57.5 Å². The number of thioether (sulfide) groups is 1. The molecular weight excluding hydrogens is 364 g/mol. The van der Waals surface area contributed by atoms with E-state index >= 15 is 0 Å². The predicted molar refractivity (Wildman–Crippen MR) is 108 cm³/mol. The Bertz CT molecular complexity index is 867. The molecule has 1 amide bonds. The molecule has 0 radical (unpaired) electrons. The molecule has 0 saturated heterocycles. The first-order valence-electron chi connectivity index (χ1n) is 8.51. The minimum absolute atomic E-state index is 0.0298. The SMILES string of the molecule is CCn1c(Cc2cccs2)nnc1SCC(=O)Nc1c(C)cccc1C. The van der Waals surface area contributed by atoms with E-state index in [0.717, 1.165) is 40.8 Å². The molecule has 1 N–H and O–H groups in total. The first kappa shape index (κ1) is 18.7. The first-order valence-corrected chi connectivity index (χ1v) is 10.4. The second-order valence-electron chi connectivity index (χ2n) is 6.00. The zero-order valence-corrected chi connectivity index (χ0v) is 16.8. The fourth-order valence-corrected chi connectivity index (χ4v) is 4.28. The number of nitrogens with one attached hydrogen (secondary N) is 1. The number of para-hydroxylation sites is 1. The van der Waals surface area contributed by atoms with Gasteiger partial charge in [0, 0.05) is 23.5 Å². The van der Waals surface area contributed by atoms with Crippen LogP contribution in [0.25, 0.3) is 0 Å². The van der Waals surface area contributed by atoms with E-state index < -0.39 is 0 Å². The molecule has 1 aromatic carbocycles. The Morgan fingerprint density at radius 1 is 1.19 bits per heavy atom. The minimum atomic E-state index is -0.0298. The molecular formula is C19H22N4OS2. The Kier molecular flexibility index (Phi) is 6.11. The van der Waals surface area contributed by atoms with Crippen molar-refractivity contribution in [3.8, 4) is 0 Å². The molecule has 3 aromatic rings. The average Bonchev–Trinajstić information content (AvgIpc) is 3.26. The van der Waals surface area contributed by atoms with Gasteiger partial charge >= 0.3 is 0 Å². The van der Waals surface area contributed by atoms with Gasteiger partial charge in [-0.15, -0.1) is 21.5 Å². The van der Waals surface area contributed by atoms with Crippen LogP contribution in [0.5, 0.6) is 0 Å². The summed E-state index contributed by atoms with van der Waals surface area (Å²) < 4.78 is 2.08. The van der Waals surface area contributed by atoms with Gasteiger partial charge in [0.2, 0.25) is 5.91 Å². The van der Waals surface area contributed by atoms with Crippen LogP contribution in [0.15, 0.2) is 40.9 Å². The number of aryl methyl sites for hydroxylation is 2. The molecule has 0 atom stereocenters. The number of rotatable bonds is 7. The molecule has 2 heterocycles. The lowest BCUT2D eigenvalue weighted by atomic mass is 10.1. The van der Waals surface area contributed by atoms with E-state index in [1.807, 2.05) is 38.1 Å². The molecule has 7 heteroatoms. The summed E-state index contributed by atoms with van der Waals surface area (Å²) in [6, 6.07) is 10.1. The number of carbonyl (C=O) groups excluding carboxylic acids is 1. The van der Waals surface area contributed by atoms with Crippen molar-refractivity contribution in [1.29, 1.82) is 0 Å². The van der Waals surface area contributed by atoms with Crippen LogP contribution in [0.3, 0.4) is 0 Å². The molecule has 0 aliphatic rings. The normalized spacial score (nSPS) is 10.9. The van der Waals surface area contributed by atoms with Crippen molar-refractivity contribution in [2.24, 2.45) is 0 Å². The number of aromatic nitrogens is 3. The van der Waals surface area contributed by atoms with Crippen LogP contribution < -0.4 is 5.32 Å². The van der Waals surface area contributed by atoms with E-state index in [0.29, 0.717) is 5.75 Å². The van der Waals surface area contributed by atoms with E-state index in [2.05, 4.69) is 38.5 Å². The van der Waals surface area contributed by atoms with Crippen LogP contribution in [-0.2, 0) is 17.8 Å². The Morgan fingerprint density at radius 2 is 1.96 bits per heavy atom. The smallest absolute Gasteiger partial charge is 0.234 e. The van der Waals surface area contributed by atoms with E-state index in [-0.39, 0.29) is 5.91 Å². The largest absolute Gasteiger partial charge is 0.325 e. The number of nitrogens with zero attached hydrogens (tertiary/aromatic N) is 3. The second kappa shape index (κ2) is 8.51. The quantitative estimate of drug-likeness (QED) is 0.615. The van der Waals surface area contributed by atoms with Gasteiger partial charge in [-0.05, 0) is 43.3 Å². The molecule has 3 rings (SSSR count). The van der Waals surface area contributed by atoms with Gasteiger partial charge in [-0.3, -0.25) is 4.79 Å². The second-order valence-corrected chi connectivity index (χ2v) is 7.98. The maximum absolute atomic E-state index is 12.4. The lowest BCUT2D eigenvalue weighted by Gasteiger charge is -2.11. The van der Waals surface area contributed by atoms with Crippen LogP contribution in [0, 0.1) is 13.8 Å². The van der Waals surface area contributed by atoms with Crippen molar-refractivity contribution in [1.82, 2.24) is 14.8 Å². The van der Waals surface area contributed by atoms with Crippen molar-refractivity contribution in [3.63, 3.8) is 0 Å². The van der Waals surface area contributed by atoms with Crippen LogP contribution in [0.1, 0.15) is 28.8 Å². The summed E-state index contributed by atoms with van der Waals surface area (Å²) in [4.78, 5) is 13.6. The van der Waals surface area contributed by atoms with Gasteiger partial charge in [0.25, 0.3) is 0 Å². The Hall–Kier alpha value is -2.12. The molecule has 5 nitrogen and oxygen atoms in total. The lowest BCUT2D eigenvalue weighted by molar-refractivity contribution is -0.113.